The van der Waals surface area contributed by atoms with Gasteiger partial charge in [0.15, 0.2) is 0 Å². The Morgan fingerprint density at radius 2 is 1.79 bits per heavy atom. The van der Waals surface area contributed by atoms with Crippen LogP contribution in [0.25, 0.3) is 21.7 Å². The van der Waals surface area contributed by atoms with Gasteiger partial charge in [0.25, 0.3) is 0 Å². The van der Waals surface area contributed by atoms with Crippen molar-refractivity contribution in [1.82, 2.24) is 4.98 Å². The highest BCUT2D eigenvalue weighted by atomic mass is 14.6. The largest absolute Gasteiger partial charge is 0.256 e. The predicted molar refractivity (Wildman–Crippen MR) is 58.1 cm³/mol. The third-order valence-electron chi connectivity index (χ3n) is 2.42. The molecule has 0 aliphatic heterocycles. The number of hydrogen-bond donors (Lipinski definition) is 0. The van der Waals surface area contributed by atoms with Crippen LogP contribution < -0.4 is 0 Å². The van der Waals surface area contributed by atoms with Crippen molar-refractivity contribution in [3.8, 4) is 0 Å². The number of benzene rings is 2. The zero-order chi connectivity index (χ0) is 9.38. The second kappa shape index (κ2) is 2.81. The molecule has 0 atom stereocenters. The van der Waals surface area contributed by atoms with Crippen LogP contribution in [0.1, 0.15) is 0 Å². The van der Waals surface area contributed by atoms with Crippen LogP contribution >= 0.6 is 0 Å². The molecule has 0 fully saturated rings. The maximum Gasteiger partial charge on any atom is 0.0708 e. The van der Waals surface area contributed by atoms with Crippen molar-refractivity contribution >= 4 is 21.7 Å². The van der Waals surface area contributed by atoms with E-state index in [1.54, 1.807) is 0 Å². The minimum Gasteiger partial charge on any atom is -0.256 e. The van der Waals surface area contributed by atoms with Gasteiger partial charge in [-0.3, -0.25) is 4.98 Å². The molecule has 1 radical (unpaired) electrons. The van der Waals surface area contributed by atoms with Crippen molar-refractivity contribution in [3.63, 3.8) is 0 Å². The van der Waals surface area contributed by atoms with Crippen LogP contribution in [-0.4, -0.2) is 4.98 Å². The van der Waals surface area contributed by atoms with Gasteiger partial charge in [-0.25, -0.2) is 0 Å². The summed E-state index contributed by atoms with van der Waals surface area (Å²) in [6.45, 7) is 0. The molecule has 0 spiro atoms. The lowest BCUT2D eigenvalue weighted by Gasteiger charge is -2.01. The molecule has 0 amide bonds. The van der Waals surface area contributed by atoms with E-state index in [4.69, 9.17) is 0 Å². The van der Waals surface area contributed by atoms with Crippen molar-refractivity contribution in [2.75, 3.05) is 0 Å². The van der Waals surface area contributed by atoms with E-state index >= 15 is 0 Å². The number of pyridine rings is 1. The molecule has 0 saturated carbocycles. The monoisotopic (exact) mass is 178 g/mol. The number of nitrogens with zero attached hydrogens (tertiary/aromatic N) is 1. The molecule has 0 unspecified atom stereocenters. The standard InChI is InChI=1S/C13H8N/c1-2-6-11-10(5-1)9-14-13-8-4-3-7-12(11)13/h1-4,6-9H. The molecular weight excluding hydrogens is 170 g/mol. The fraction of sp³-hybridized carbons (Fsp3) is 0. The van der Waals surface area contributed by atoms with Gasteiger partial charge in [0.2, 0.25) is 0 Å². The quantitative estimate of drug-likeness (QED) is 0.482. The van der Waals surface area contributed by atoms with Gasteiger partial charge < -0.3 is 0 Å². The van der Waals surface area contributed by atoms with Crippen molar-refractivity contribution < 1.29 is 0 Å². The van der Waals surface area contributed by atoms with Crippen molar-refractivity contribution in [3.05, 3.63) is 54.7 Å². The first kappa shape index (κ1) is 7.51. The molecule has 1 heterocycles. The molecule has 65 valence electrons. The molecule has 1 nitrogen and oxygen atoms in total. The van der Waals surface area contributed by atoms with Crippen LogP contribution in [0, 0.1) is 6.07 Å². The first-order valence-corrected chi connectivity index (χ1v) is 4.59. The van der Waals surface area contributed by atoms with Crippen LogP contribution in [0.4, 0.5) is 0 Å². The first-order valence-electron chi connectivity index (χ1n) is 4.59. The Kier molecular flexibility index (Phi) is 1.51. The summed E-state index contributed by atoms with van der Waals surface area (Å²) < 4.78 is 0. The second-order valence-corrected chi connectivity index (χ2v) is 3.27. The summed E-state index contributed by atoms with van der Waals surface area (Å²) in [5, 5.41) is 3.49. The van der Waals surface area contributed by atoms with Gasteiger partial charge in [-0.1, -0.05) is 36.4 Å². The number of hydrogen-bond acceptors (Lipinski definition) is 1. The van der Waals surface area contributed by atoms with E-state index in [1.807, 2.05) is 36.5 Å². The summed E-state index contributed by atoms with van der Waals surface area (Å²) in [6, 6.07) is 17.4. The predicted octanol–water partition coefficient (Wildman–Crippen LogP) is 3.19. The number of para-hydroxylation sites is 1. The Labute approximate surface area is 82.0 Å². The van der Waals surface area contributed by atoms with Gasteiger partial charge in [0, 0.05) is 17.0 Å². The van der Waals surface area contributed by atoms with Crippen LogP contribution in [0.2, 0.25) is 0 Å². The van der Waals surface area contributed by atoms with Crippen molar-refractivity contribution in [1.29, 1.82) is 0 Å². The fourth-order valence-electron chi connectivity index (χ4n) is 1.74. The van der Waals surface area contributed by atoms with Crippen molar-refractivity contribution in [2.24, 2.45) is 0 Å². The van der Waals surface area contributed by atoms with Gasteiger partial charge in [0.1, 0.15) is 0 Å². The second-order valence-electron chi connectivity index (χ2n) is 3.27. The zero-order valence-electron chi connectivity index (χ0n) is 7.57. The summed E-state index contributed by atoms with van der Waals surface area (Å²) in [7, 11) is 0. The van der Waals surface area contributed by atoms with E-state index in [-0.39, 0.29) is 0 Å². The topological polar surface area (TPSA) is 12.9 Å². The third kappa shape index (κ3) is 0.990. The molecule has 3 rings (SSSR count). The van der Waals surface area contributed by atoms with Crippen LogP contribution in [0.3, 0.4) is 0 Å². The lowest BCUT2D eigenvalue weighted by Crippen LogP contribution is -1.80. The molecule has 0 N–H and O–H groups in total. The molecule has 0 aliphatic rings. The Morgan fingerprint density at radius 3 is 2.79 bits per heavy atom. The average molecular weight is 178 g/mol. The van der Waals surface area contributed by atoms with Crippen molar-refractivity contribution in [2.45, 2.75) is 0 Å². The van der Waals surface area contributed by atoms with E-state index in [0.717, 1.165) is 10.9 Å². The lowest BCUT2D eigenvalue weighted by atomic mass is 10.1. The summed E-state index contributed by atoms with van der Waals surface area (Å²) in [6.07, 6.45) is 1.87. The van der Waals surface area contributed by atoms with E-state index in [9.17, 15) is 0 Å². The Hall–Kier alpha value is -1.89. The van der Waals surface area contributed by atoms with Gasteiger partial charge in [-0.05, 0) is 17.5 Å². The van der Waals surface area contributed by atoms with E-state index < -0.39 is 0 Å². The van der Waals surface area contributed by atoms with E-state index in [1.165, 1.54) is 10.8 Å². The molecule has 1 heteroatoms. The molecule has 0 saturated heterocycles. The first-order chi connectivity index (χ1) is 6.95. The number of fused-ring (bicyclic) bond motifs is 3. The normalized spacial score (nSPS) is 10.9. The highest BCUT2D eigenvalue weighted by molar-refractivity contribution is 6.04. The highest BCUT2D eigenvalue weighted by Gasteiger charge is 1.98. The van der Waals surface area contributed by atoms with Crippen LogP contribution in [-0.2, 0) is 0 Å². The molecular formula is C13H8N. The highest BCUT2D eigenvalue weighted by Crippen LogP contribution is 2.21. The number of aromatic nitrogens is 1. The smallest absolute Gasteiger partial charge is 0.0708 e. The van der Waals surface area contributed by atoms with Gasteiger partial charge in [-0.2, -0.15) is 0 Å². The minimum absolute atomic E-state index is 1.04. The summed E-state index contributed by atoms with van der Waals surface area (Å²) in [5.74, 6) is 0. The van der Waals surface area contributed by atoms with Crippen LogP contribution in [0.5, 0.6) is 0 Å². The summed E-state index contributed by atoms with van der Waals surface area (Å²) in [4.78, 5) is 4.38. The van der Waals surface area contributed by atoms with Crippen LogP contribution in [0.15, 0.2) is 48.7 Å². The minimum atomic E-state index is 1.04. The summed E-state index contributed by atoms with van der Waals surface area (Å²) >= 11 is 0. The van der Waals surface area contributed by atoms with E-state index in [2.05, 4.69) is 23.2 Å². The maximum absolute atomic E-state index is 4.38. The molecule has 3 aromatic rings. The van der Waals surface area contributed by atoms with Gasteiger partial charge in [-0.15, -0.1) is 0 Å². The average Bonchev–Trinajstić information content (AvgIpc) is 2.29. The van der Waals surface area contributed by atoms with Gasteiger partial charge >= 0.3 is 0 Å². The maximum atomic E-state index is 4.38. The third-order valence-corrected chi connectivity index (χ3v) is 2.42. The van der Waals surface area contributed by atoms with Gasteiger partial charge in [0.05, 0.1) is 5.52 Å². The lowest BCUT2D eigenvalue weighted by molar-refractivity contribution is 1.44. The number of rotatable bonds is 0. The molecule has 1 aromatic heterocycles. The molecule has 0 bridgehead atoms. The Bertz CT molecular complexity index is 544. The van der Waals surface area contributed by atoms with E-state index in [0.29, 0.717) is 0 Å². The molecule has 14 heavy (non-hydrogen) atoms. The molecule has 0 aliphatic carbocycles. The Balaban J connectivity index is 2.61. The SMILES string of the molecule is [c]1cccc2c1cnc1ccccc12. The fourth-order valence-corrected chi connectivity index (χ4v) is 1.74. The zero-order valence-corrected chi connectivity index (χ0v) is 7.57. The molecule has 2 aromatic carbocycles. The Morgan fingerprint density at radius 1 is 0.929 bits per heavy atom. The summed E-state index contributed by atoms with van der Waals surface area (Å²) in [5.41, 5.74) is 1.04.